The number of hydrogen-bond acceptors (Lipinski definition) is 5. The fourth-order valence-electron chi connectivity index (χ4n) is 4.65. The van der Waals surface area contributed by atoms with Crippen LogP contribution in [0.5, 0.6) is 0 Å². The van der Waals surface area contributed by atoms with Gasteiger partial charge in [0.05, 0.1) is 19.3 Å². The summed E-state index contributed by atoms with van der Waals surface area (Å²) in [6, 6.07) is 23.0. The first-order valence-electron chi connectivity index (χ1n) is 13.8. The Hall–Kier alpha value is -2.51. The number of carbonyl (C=O) groups is 1. The van der Waals surface area contributed by atoms with Crippen LogP contribution in [0.15, 0.2) is 86.0 Å². The maximum atomic E-state index is 12.2. The lowest BCUT2D eigenvalue weighted by atomic mass is 9.98. The summed E-state index contributed by atoms with van der Waals surface area (Å²) in [5.74, 6) is -0.357. The fraction of sp³-hybridized carbons (Fsp3) is 0.469. The van der Waals surface area contributed by atoms with E-state index in [1.54, 1.807) is 0 Å². The maximum absolute atomic E-state index is 12.2. The predicted octanol–water partition coefficient (Wildman–Crippen LogP) is 7.63. The second-order valence-electron chi connectivity index (χ2n) is 9.60. The molecular weight excluding hydrogens is 492 g/mol. The molecule has 2 rings (SSSR count). The molecule has 0 fully saturated rings. The van der Waals surface area contributed by atoms with Gasteiger partial charge in [0, 0.05) is 6.92 Å². The summed E-state index contributed by atoms with van der Waals surface area (Å²) >= 11 is 0. The molecule has 208 valence electrons. The minimum absolute atomic E-state index is 0.352. The Morgan fingerprint density at radius 3 is 1.76 bits per heavy atom. The van der Waals surface area contributed by atoms with Gasteiger partial charge in [0.25, 0.3) is 0 Å². The van der Waals surface area contributed by atoms with Crippen molar-refractivity contribution in [2.45, 2.75) is 96.3 Å². The van der Waals surface area contributed by atoms with Gasteiger partial charge >= 0.3 is 5.97 Å². The molecule has 0 aromatic heterocycles. The summed E-state index contributed by atoms with van der Waals surface area (Å²) in [6.45, 7) is 16.8. The van der Waals surface area contributed by atoms with Crippen molar-refractivity contribution < 1.29 is 23.4 Å². The van der Waals surface area contributed by atoms with E-state index in [4.69, 9.17) is 18.6 Å². The van der Waals surface area contributed by atoms with Crippen LogP contribution in [-0.2, 0) is 36.6 Å². The average Bonchev–Trinajstić information content (AvgIpc) is 2.95. The summed E-state index contributed by atoms with van der Waals surface area (Å²) in [5, 5.41) is 0. The van der Waals surface area contributed by atoms with E-state index in [2.05, 4.69) is 33.9 Å². The highest BCUT2D eigenvalue weighted by molar-refractivity contribution is 6.73. The summed E-state index contributed by atoms with van der Waals surface area (Å²) in [6.07, 6.45) is 2.81. The van der Waals surface area contributed by atoms with Gasteiger partial charge in [-0.05, 0) is 42.1 Å². The maximum Gasteiger partial charge on any atom is 0.302 e. The van der Waals surface area contributed by atoms with E-state index in [9.17, 15) is 4.79 Å². The molecule has 2 aromatic carbocycles. The van der Waals surface area contributed by atoms with Gasteiger partial charge in [-0.3, -0.25) is 4.79 Å². The van der Waals surface area contributed by atoms with Crippen LogP contribution in [0.3, 0.4) is 0 Å². The average molecular weight is 539 g/mol. The largest absolute Gasteiger partial charge is 0.460 e. The molecule has 5 nitrogen and oxygen atoms in total. The van der Waals surface area contributed by atoms with Crippen LogP contribution in [0.4, 0.5) is 0 Å². The monoisotopic (exact) mass is 538 g/mol. The number of esters is 1. The van der Waals surface area contributed by atoms with Crippen molar-refractivity contribution in [3.63, 3.8) is 0 Å². The third kappa shape index (κ3) is 9.99. The highest BCUT2D eigenvalue weighted by Crippen LogP contribution is 2.30. The molecule has 0 N–H and O–H groups in total. The zero-order chi connectivity index (χ0) is 27.8. The molecule has 0 saturated carbocycles. The quantitative estimate of drug-likeness (QED) is 0.105. The van der Waals surface area contributed by atoms with Gasteiger partial charge in [-0.15, -0.1) is 13.2 Å². The van der Waals surface area contributed by atoms with E-state index in [1.807, 2.05) is 72.8 Å². The molecule has 0 aliphatic heterocycles. The molecular formula is C32H46O5Si. The lowest BCUT2D eigenvalue weighted by Crippen LogP contribution is -2.52. The lowest BCUT2D eigenvalue weighted by molar-refractivity contribution is -0.180. The summed E-state index contributed by atoms with van der Waals surface area (Å²) in [5.41, 5.74) is 2.07. The third-order valence-electron chi connectivity index (χ3n) is 7.11. The highest BCUT2D eigenvalue weighted by atomic mass is 28.4. The fourth-order valence-corrected chi connectivity index (χ4v) is 7.45. The Labute approximate surface area is 231 Å². The van der Waals surface area contributed by atoms with E-state index in [1.165, 1.54) is 6.92 Å². The van der Waals surface area contributed by atoms with E-state index in [-0.39, 0.29) is 5.97 Å². The minimum atomic E-state index is -2.03. The van der Waals surface area contributed by atoms with E-state index in [0.29, 0.717) is 26.1 Å². The topological polar surface area (TPSA) is 54.0 Å². The summed E-state index contributed by atoms with van der Waals surface area (Å²) < 4.78 is 26.0. The Morgan fingerprint density at radius 2 is 1.34 bits per heavy atom. The molecule has 0 saturated heterocycles. The smallest absolute Gasteiger partial charge is 0.302 e. The predicted molar refractivity (Wildman–Crippen MR) is 157 cm³/mol. The minimum Gasteiger partial charge on any atom is -0.460 e. The second kappa shape index (κ2) is 17.1. The zero-order valence-corrected chi connectivity index (χ0v) is 24.6. The molecule has 0 aliphatic rings. The molecule has 0 radical (unpaired) electrons. The molecule has 4 atom stereocenters. The highest BCUT2D eigenvalue weighted by Gasteiger charge is 2.41. The van der Waals surface area contributed by atoms with Crippen LogP contribution >= 0.6 is 0 Å². The second-order valence-corrected chi connectivity index (χ2v) is 14.3. The van der Waals surface area contributed by atoms with Crippen molar-refractivity contribution in [2.75, 3.05) is 0 Å². The lowest BCUT2D eigenvalue weighted by Gasteiger charge is -2.40. The van der Waals surface area contributed by atoms with Gasteiger partial charge in [0.1, 0.15) is 18.3 Å². The Kier molecular flexibility index (Phi) is 14.3. The van der Waals surface area contributed by atoms with E-state index >= 15 is 0 Å². The molecule has 0 amide bonds. The molecule has 0 aliphatic carbocycles. The van der Waals surface area contributed by atoms with Gasteiger partial charge in [0.15, 0.2) is 8.32 Å². The number of hydrogen-bond donors (Lipinski definition) is 0. The molecule has 0 unspecified atom stereocenters. The SMILES string of the molecule is C=CCC[C@@H](OC(C)=O)[C@H](OCc1ccccc1)[C@H](OCc1ccccc1)[C@@H](C=C)O[Si](CC)(CC)CC. The first-order chi connectivity index (χ1) is 18.4. The van der Waals surface area contributed by atoms with Crippen molar-refractivity contribution in [1.29, 1.82) is 0 Å². The summed E-state index contributed by atoms with van der Waals surface area (Å²) in [7, 11) is -2.03. The van der Waals surface area contributed by atoms with Crippen LogP contribution in [0.1, 0.15) is 51.7 Å². The number of benzene rings is 2. The van der Waals surface area contributed by atoms with Gasteiger partial charge in [-0.25, -0.2) is 0 Å². The van der Waals surface area contributed by atoms with Crippen molar-refractivity contribution >= 4 is 14.3 Å². The van der Waals surface area contributed by atoms with Crippen LogP contribution in [0.2, 0.25) is 18.1 Å². The first-order valence-corrected chi connectivity index (χ1v) is 16.3. The Balaban J connectivity index is 2.51. The van der Waals surface area contributed by atoms with Gasteiger partial charge < -0.3 is 18.6 Å². The van der Waals surface area contributed by atoms with E-state index in [0.717, 1.165) is 29.3 Å². The van der Waals surface area contributed by atoms with Crippen molar-refractivity contribution in [1.82, 2.24) is 0 Å². The van der Waals surface area contributed by atoms with Crippen LogP contribution in [-0.4, -0.2) is 38.7 Å². The molecule has 38 heavy (non-hydrogen) atoms. The number of rotatable bonds is 19. The Bertz CT molecular complexity index is 937. The van der Waals surface area contributed by atoms with Crippen LogP contribution in [0, 0.1) is 0 Å². The number of carbonyl (C=O) groups excluding carboxylic acids is 1. The summed E-state index contributed by atoms with van der Waals surface area (Å²) in [4.78, 5) is 12.2. The first kappa shape index (κ1) is 31.7. The molecule has 6 heteroatoms. The molecule has 2 aromatic rings. The normalized spacial score (nSPS) is 14.7. The zero-order valence-electron chi connectivity index (χ0n) is 23.6. The van der Waals surface area contributed by atoms with E-state index < -0.39 is 32.7 Å². The molecule has 0 spiro atoms. The number of ether oxygens (including phenoxy) is 3. The van der Waals surface area contributed by atoms with Crippen molar-refractivity contribution in [3.8, 4) is 0 Å². The molecule has 0 heterocycles. The van der Waals surface area contributed by atoms with Gasteiger partial charge in [-0.1, -0.05) is 93.6 Å². The van der Waals surface area contributed by atoms with Crippen LogP contribution in [0.25, 0.3) is 0 Å². The Morgan fingerprint density at radius 1 is 0.842 bits per heavy atom. The van der Waals surface area contributed by atoms with Crippen molar-refractivity contribution in [2.24, 2.45) is 0 Å². The number of allylic oxidation sites excluding steroid dienone is 1. The van der Waals surface area contributed by atoms with Crippen LogP contribution < -0.4 is 0 Å². The van der Waals surface area contributed by atoms with Crippen molar-refractivity contribution in [3.05, 3.63) is 97.1 Å². The molecule has 0 bridgehead atoms. The third-order valence-corrected chi connectivity index (χ3v) is 11.7. The standard InChI is InChI=1S/C32H46O5Si/c1-7-12-23-30(36-26(6)33)32(35-25-28-21-17-14-18-22-28)31(34-24-27-19-15-13-16-20-27)29(8-2)37-38(9-3,10-4)11-5/h7-8,13-22,29-32H,1-2,9-12,23-25H2,3-6H3/t29-,30-,31-,32+/m1/s1. The van der Waals surface area contributed by atoms with Gasteiger partial charge in [0.2, 0.25) is 0 Å². The van der Waals surface area contributed by atoms with Gasteiger partial charge in [-0.2, -0.15) is 0 Å².